The van der Waals surface area contributed by atoms with Gasteiger partial charge in [0.15, 0.2) is 0 Å². The van der Waals surface area contributed by atoms with Gasteiger partial charge in [0.25, 0.3) is 0 Å². The summed E-state index contributed by atoms with van der Waals surface area (Å²) in [5.74, 6) is 0. The lowest BCUT2D eigenvalue weighted by Crippen LogP contribution is -2.35. The molecule has 0 aliphatic rings. The van der Waals surface area contributed by atoms with Crippen LogP contribution in [0.5, 0.6) is 0 Å². The number of nitrogens with zero attached hydrogens (tertiary/aromatic N) is 2. The minimum Gasteiger partial charge on any atom is -0.790 e. The number of quaternary nitrogens is 2. The molecule has 0 aromatic carbocycles. The molecular formula is C28H65N2O4P. The van der Waals surface area contributed by atoms with Gasteiger partial charge >= 0.3 is 0 Å². The average Bonchev–Trinajstić information content (AvgIpc) is 2.70. The second-order valence-electron chi connectivity index (χ2n) is 11.8. The Balaban J connectivity index is -0.000000465. The van der Waals surface area contributed by atoms with Crippen molar-refractivity contribution in [1.82, 2.24) is 0 Å². The van der Waals surface area contributed by atoms with Crippen molar-refractivity contribution in [3.63, 3.8) is 0 Å². The van der Waals surface area contributed by atoms with Gasteiger partial charge in [0.1, 0.15) is 0 Å². The number of unbranched alkanes of at least 4 members (excludes halogenated alkanes) is 14. The maximum Gasteiger partial charge on any atom is 0.0780 e. The van der Waals surface area contributed by atoms with Crippen LogP contribution in [0, 0.1) is 0 Å². The van der Waals surface area contributed by atoms with Gasteiger partial charge in [-0.2, -0.15) is 0 Å². The van der Waals surface area contributed by atoms with E-state index in [1.54, 1.807) is 0 Å². The van der Waals surface area contributed by atoms with Crippen molar-refractivity contribution in [2.45, 2.75) is 124 Å². The van der Waals surface area contributed by atoms with Crippen molar-refractivity contribution in [2.24, 2.45) is 0 Å². The predicted molar refractivity (Wildman–Crippen MR) is 150 cm³/mol. The molecule has 0 saturated carbocycles. The second kappa shape index (κ2) is 25.7. The van der Waals surface area contributed by atoms with Crippen molar-refractivity contribution in [2.75, 3.05) is 62.0 Å². The van der Waals surface area contributed by atoms with Crippen LogP contribution in [-0.4, -0.2) is 70.9 Å². The van der Waals surface area contributed by atoms with Gasteiger partial charge in [-0.25, -0.2) is 0 Å². The first kappa shape index (κ1) is 39.5. The Kier molecular flexibility index (Phi) is 29.0. The summed E-state index contributed by atoms with van der Waals surface area (Å²) in [7, 11) is 9.01. The lowest BCUT2D eigenvalue weighted by molar-refractivity contribution is -0.870. The lowest BCUT2D eigenvalue weighted by atomic mass is 10.1. The Morgan fingerprint density at radius 1 is 0.514 bits per heavy atom. The molecule has 0 bridgehead atoms. The molecule has 35 heavy (non-hydrogen) atoms. The van der Waals surface area contributed by atoms with E-state index >= 15 is 0 Å². The van der Waals surface area contributed by atoms with E-state index < -0.39 is 7.82 Å². The summed E-state index contributed by atoms with van der Waals surface area (Å²) >= 11 is 0. The number of phosphoric ester groups is 1. The monoisotopic (exact) mass is 524 g/mol. The Morgan fingerprint density at radius 3 is 0.943 bits per heavy atom. The summed E-state index contributed by atoms with van der Waals surface area (Å²) in [5, 5.41) is 0. The first-order valence-electron chi connectivity index (χ1n) is 14.5. The van der Waals surface area contributed by atoms with Crippen LogP contribution in [-0.2, 0) is 9.09 Å². The van der Waals surface area contributed by atoms with E-state index in [4.69, 9.17) is 0 Å². The zero-order valence-corrected chi connectivity index (χ0v) is 26.3. The van der Waals surface area contributed by atoms with Gasteiger partial charge < -0.3 is 27.8 Å². The molecule has 6 nitrogen and oxygen atoms in total. The van der Waals surface area contributed by atoms with E-state index in [1.165, 1.54) is 123 Å². The predicted octanol–water partition coefficient (Wildman–Crippen LogP) is 6.52. The normalized spacial score (nSPS) is 12.0. The Hall–Kier alpha value is 0.0300. The van der Waals surface area contributed by atoms with E-state index in [1.807, 2.05) is 0 Å². The highest BCUT2D eigenvalue weighted by Gasteiger charge is 2.05. The van der Waals surface area contributed by atoms with Crippen molar-refractivity contribution in [1.29, 1.82) is 0 Å². The molecule has 0 N–H and O–H groups in total. The molecule has 0 heterocycles. The van der Waals surface area contributed by atoms with Crippen LogP contribution in [0.4, 0.5) is 0 Å². The summed E-state index contributed by atoms with van der Waals surface area (Å²) in [6, 6.07) is 0. The number of rotatable bonds is 20. The molecule has 216 valence electrons. The highest BCUT2D eigenvalue weighted by Crippen LogP contribution is 2.23. The fourth-order valence-electron chi connectivity index (χ4n) is 3.60. The topological polar surface area (TPSA) is 72.4 Å². The highest BCUT2D eigenvalue weighted by atomic mass is 31.2. The van der Waals surface area contributed by atoms with Crippen molar-refractivity contribution in [3.8, 4) is 0 Å². The first-order chi connectivity index (χ1) is 16.2. The van der Waals surface area contributed by atoms with E-state index in [2.05, 4.69) is 60.7 Å². The molecular weight excluding hydrogens is 459 g/mol. The van der Waals surface area contributed by atoms with Gasteiger partial charge in [-0.15, -0.1) is 0 Å². The number of hydrogen-bond donors (Lipinski definition) is 0. The van der Waals surface area contributed by atoms with E-state index in [-0.39, 0.29) is 6.61 Å². The maximum absolute atomic E-state index is 9.48. The summed E-state index contributed by atoms with van der Waals surface area (Å²) in [5.41, 5.74) is 0. The van der Waals surface area contributed by atoms with Crippen molar-refractivity contribution >= 4 is 7.82 Å². The molecule has 0 radical (unpaired) electrons. The van der Waals surface area contributed by atoms with Gasteiger partial charge in [-0.3, -0.25) is 0 Å². The van der Waals surface area contributed by atoms with Gasteiger partial charge in [0.05, 0.1) is 63.2 Å². The largest absolute Gasteiger partial charge is 0.790 e. The third kappa shape index (κ3) is 51.5. The summed E-state index contributed by atoms with van der Waals surface area (Å²) < 4.78 is 15.4. The van der Waals surface area contributed by atoms with Gasteiger partial charge in [0, 0.05) is 6.61 Å². The lowest BCUT2D eigenvalue weighted by Gasteiger charge is -2.27. The van der Waals surface area contributed by atoms with Crippen LogP contribution in [0.3, 0.4) is 0 Å². The third-order valence-electron chi connectivity index (χ3n) is 5.65. The molecule has 7 heteroatoms. The maximum atomic E-state index is 9.48. The molecule has 0 amide bonds. The fraction of sp³-hybridized carbons (Fsp3) is 1.00. The van der Waals surface area contributed by atoms with Crippen LogP contribution in [0.2, 0.25) is 0 Å². The zero-order valence-electron chi connectivity index (χ0n) is 25.4. The first-order valence-corrected chi connectivity index (χ1v) is 15.9. The van der Waals surface area contributed by atoms with Crippen LogP contribution in [0.25, 0.3) is 0 Å². The minimum atomic E-state index is -4.67. The highest BCUT2D eigenvalue weighted by molar-refractivity contribution is 7.43. The van der Waals surface area contributed by atoms with Crippen LogP contribution in [0.1, 0.15) is 124 Å². The fourth-order valence-corrected chi connectivity index (χ4v) is 3.91. The molecule has 0 saturated heterocycles. The van der Waals surface area contributed by atoms with E-state index in [9.17, 15) is 14.4 Å². The molecule has 0 spiro atoms. The number of hydrogen-bond acceptors (Lipinski definition) is 4. The van der Waals surface area contributed by atoms with E-state index in [0.29, 0.717) is 0 Å². The summed E-state index contributed by atoms with van der Waals surface area (Å²) in [6.45, 7) is 8.57. The Bertz CT molecular complexity index is 427. The standard InChI is InChI=1S/2C13H30N.C2H7O4P/c2*1-5-6-7-8-9-10-11-12-13-14(2,3)4;1-2-6-7(3,4)5/h2*5-13H2,1-4H3;2H2,1H3,(H2,3,4,5)/q2*+1;/p-2. The third-order valence-corrected chi connectivity index (χ3v) is 6.23. The summed E-state index contributed by atoms with van der Waals surface area (Å²) in [6.07, 6.45) is 22.9. The molecule has 0 aromatic heterocycles. The Labute approximate surface area is 221 Å². The van der Waals surface area contributed by atoms with Crippen LogP contribution >= 0.6 is 7.82 Å². The summed E-state index contributed by atoms with van der Waals surface area (Å²) in [4.78, 5) is 19.0. The molecule has 0 aliphatic heterocycles. The van der Waals surface area contributed by atoms with Crippen LogP contribution in [0.15, 0.2) is 0 Å². The second-order valence-corrected chi connectivity index (χ2v) is 13.0. The SMILES string of the molecule is CCCCCCCCCC[N+](C)(C)C.CCCCCCCCCC[N+](C)(C)C.CCOP(=O)([O-])[O-]. The van der Waals surface area contributed by atoms with Gasteiger partial charge in [-0.1, -0.05) is 90.9 Å². The molecule has 0 rings (SSSR count). The molecule has 0 aromatic rings. The zero-order chi connectivity index (χ0) is 27.6. The van der Waals surface area contributed by atoms with Gasteiger partial charge in [-0.05, 0) is 32.6 Å². The Morgan fingerprint density at radius 2 is 0.771 bits per heavy atom. The average molecular weight is 525 g/mol. The van der Waals surface area contributed by atoms with E-state index in [0.717, 1.165) is 8.97 Å². The van der Waals surface area contributed by atoms with Crippen molar-refractivity contribution < 1.29 is 27.8 Å². The molecule has 0 aliphatic carbocycles. The molecule has 0 fully saturated rings. The molecule has 0 atom stereocenters. The van der Waals surface area contributed by atoms with Crippen molar-refractivity contribution in [3.05, 3.63) is 0 Å². The minimum absolute atomic E-state index is 0.0791. The smallest absolute Gasteiger partial charge is 0.0780 e. The molecule has 0 unspecified atom stereocenters. The quantitative estimate of drug-likeness (QED) is 0.103. The van der Waals surface area contributed by atoms with Crippen LogP contribution < -0.4 is 9.79 Å². The number of phosphoric acid groups is 1. The van der Waals surface area contributed by atoms with Gasteiger partial charge in [0.2, 0.25) is 0 Å².